The van der Waals surface area contributed by atoms with Crippen LogP contribution in [0.25, 0.3) is 0 Å². The van der Waals surface area contributed by atoms with Crippen LogP contribution in [0.3, 0.4) is 0 Å². The zero-order valence-electron chi connectivity index (χ0n) is 16.0. The molecule has 0 unspecified atom stereocenters. The van der Waals surface area contributed by atoms with Gasteiger partial charge in [-0.1, -0.05) is 67.9 Å². The topological polar surface area (TPSA) is 49.4 Å². The van der Waals surface area contributed by atoms with Crippen LogP contribution in [0.2, 0.25) is 5.02 Å². The number of carbonyl (C=O) groups excluding carboxylic acids is 2. The van der Waals surface area contributed by atoms with Crippen LogP contribution in [0.4, 0.5) is 0 Å². The lowest BCUT2D eigenvalue weighted by Crippen LogP contribution is -2.49. The van der Waals surface area contributed by atoms with Crippen LogP contribution in [-0.2, 0) is 22.6 Å². The van der Waals surface area contributed by atoms with Crippen LogP contribution in [0.15, 0.2) is 54.6 Å². The Morgan fingerprint density at radius 3 is 2.37 bits per heavy atom. The number of amides is 2. The summed E-state index contributed by atoms with van der Waals surface area (Å²) >= 11 is 6.05. The molecule has 2 rings (SSSR count). The third-order valence-electron chi connectivity index (χ3n) is 4.38. The summed E-state index contributed by atoms with van der Waals surface area (Å²) < 4.78 is 0. The molecule has 2 amide bonds. The first-order valence-corrected chi connectivity index (χ1v) is 9.78. The number of carbonyl (C=O) groups is 2. The standard InChI is InChI=1S/C22H27ClN2O2/c1-3-13-24-22(27)20(4-2)25(16-17-9-6-5-7-10-17)21(26)15-18-11-8-12-19(23)14-18/h5-12,14,20H,3-4,13,15-16H2,1-2H3,(H,24,27)/t20-/m0/s1. The summed E-state index contributed by atoms with van der Waals surface area (Å²) in [5, 5.41) is 3.52. The quantitative estimate of drug-likeness (QED) is 0.701. The summed E-state index contributed by atoms with van der Waals surface area (Å²) in [4.78, 5) is 27.4. The molecule has 0 aliphatic heterocycles. The molecule has 0 aliphatic rings. The van der Waals surface area contributed by atoms with Crippen LogP contribution in [0, 0.1) is 0 Å². The Morgan fingerprint density at radius 1 is 1.04 bits per heavy atom. The van der Waals surface area contributed by atoms with Crippen LogP contribution in [-0.4, -0.2) is 29.3 Å². The summed E-state index contributed by atoms with van der Waals surface area (Å²) in [5.41, 5.74) is 1.84. The van der Waals surface area contributed by atoms with Gasteiger partial charge in [-0.25, -0.2) is 0 Å². The van der Waals surface area contributed by atoms with Gasteiger partial charge in [0.25, 0.3) is 0 Å². The number of nitrogens with zero attached hydrogens (tertiary/aromatic N) is 1. The van der Waals surface area contributed by atoms with Gasteiger partial charge in [-0.2, -0.15) is 0 Å². The van der Waals surface area contributed by atoms with Crippen molar-refractivity contribution in [2.45, 2.75) is 45.7 Å². The molecule has 0 radical (unpaired) electrons. The average molecular weight is 387 g/mol. The van der Waals surface area contributed by atoms with Crippen LogP contribution in [0.1, 0.15) is 37.8 Å². The minimum absolute atomic E-state index is 0.0837. The highest BCUT2D eigenvalue weighted by Crippen LogP contribution is 2.16. The molecule has 27 heavy (non-hydrogen) atoms. The highest BCUT2D eigenvalue weighted by molar-refractivity contribution is 6.30. The first-order chi connectivity index (χ1) is 13.0. The van der Waals surface area contributed by atoms with E-state index in [0.29, 0.717) is 24.5 Å². The fourth-order valence-corrected chi connectivity index (χ4v) is 3.20. The number of benzene rings is 2. The van der Waals surface area contributed by atoms with Crippen molar-refractivity contribution in [1.82, 2.24) is 10.2 Å². The van der Waals surface area contributed by atoms with Gasteiger partial charge in [-0.15, -0.1) is 0 Å². The molecule has 2 aromatic rings. The molecule has 1 atom stereocenters. The number of nitrogens with one attached hydrogen (secondary N) is 1. The maximum absolute atomic E-state index is 13.1. The van der Waals surface area contributed by atoms with Crippen molar-refractivity contribution < 1.29 is 9.59 Å². The Balaban J connectivity index is 2.24. The Bertz CT molecular complexity index is 749. The van der Waals surface area contributed by atoms with Gasteiger partial charge in [-0.05, 0) is 36.1 Å². The van der Waals surface area contributed by atoms with Crippen molar-refractivity contribution >= 4 is 23.4 Å². The smallest absolute Gasteiger partial charge is 0.242 e. The van der Waals surface area contributed by atoms with Gasteiger partial charge >= 0.3 is 0 Å². The number of halogens is 1. The van der Waals surface area contributed by atoms with E-state index in [-0.39, 0.29) is 18.2 Å². The molecule has 0 aromatic heterocycles. The van der Waals surface area contributed by atoms with E-state index in [1.807, 2.05) is 56.3 Å². The molecular weight excluding hydrogens is 360 g/mol. The lowest BCUT2D eigenvalue weighted by atomic mass is 10.1. The maximum atomic E-state index is 13.1. The fourth-order valence-electron chi connectivity index (χ4n) is 2.99. The Morgan fingerprint density at radius 2 is 1.74 bits per heavy atom. The molecule has 2 aromatic carbocycles. The molecule has 1 N–H and O–H groups in total. The average Bonchev–Trinajstić information content (AvgIpc) is 2.67. The van der Waals surface area contributed by atoms with Gasteiger partial charge in [0.2, 0.25) is 11.8 Å². The molecule has 0 heterocycles. The number of hydrogen-bond donors (Lipinski definition) is 1. The molecule has 0 saturated heterocycles. The summed E-state index contributed by atoms with van der Waals surface area (Å²) in [6.07, 6.45) is 1.63. The third kappa shape index (κ3) is 6.40. The minimum Gasteiger partial charge on any atom is -0.354 e. The Hall–Kier alpha value is -2.33. The van der Waals surface area contributed by atoms with Crippen LogP contribution < -0.4 is 5.32 Å². The number of hydrogen-bond acceptors (Lipinski definition) is 2. The summed E-state index contributed by atoms with van der Waals surface area (Å²) in [6.45, 7) is 4.95. The fraction of sp³-hybridized carbons (Fsp3) is 0.364. The van der Waals surface area contributed by atoms with Gasteiger partial charge in [0.05, 0.1) is 6.42 Å². The molecule has 144 valence electrons. The lowest BCUT2D eigenvalue weighted by Gasteiger charge is -2.30. The monoisotopic (exact) mass is 386 g/mol. The first kappa shape index (κ1) is 21.0. The summed E-state index contributed by atoms with van der Waals surface area (Å²) in [5.74, 6) is -0.186. The largest absolute Gasteiger partial charge is 0.354 e. The van der Waals surface area contributed by atoms with E-state index >= 15 is 0 Å². The summed E-state index contributed by atoms with van der Waals surface area (Å²) in [7, 11) is 0. The lowest BCUT2D eigenvalue weighted by molar-refractivity contribution is -0.140. The second-order valence-corrected chi connectivity index (χ2v) is 6.97. The predicted octanol–water partition coefficient (Wildman–Crippen LogP) is 4.22. The van der Waals surface area contributed by atoms with Crippen molar-refractivity contribution in [3.63, 3.8) is 0 Å². The van der Waals surface area contributed by atoms with Gasteiger partial charge in [0.15, 0.2) is 0 Å². The second kappa shape index (κ2) is 10.7. The van der Waals surface area contributed by atoms with Gasteiger partial charge in [-0.3, -0.25) is 9.59 Å². The van der Waals surface area contributed by atoms with Crippen molar-refractivity contribution in [3.8, 4) is 0 Å². The number of rotatable bonds is 9. The van der Waals surface area contributed by atoms with Crippen molar-refractivity contribution in [2.75, 3.05) is 6.54 Å². The van der Waals surface area contributed by atoms with E-state index in [2.05, 4.69) is 5.32 Å². The van der Waals surface area contributed by atoms with E-state index in [1.54, 1.807) is 17.0 Å². The van der Waals surface area contributed by atoms with Crippen LogP contribution >= 0.6 is 11.6 Å². The van der Waals surface area contributed by atoms with E-state index < -0.39 is 6.04 Å². The SMILES string of the molecule is CCCNC(=O)[C@H](CC)N(Cc1ccccc1)C(=O)Cc1cccc(Cl)c1. The van der Waals surface area contributed by atoms with Crippen molar-refractivity contribution in [1.29, 1.82) is 0 Å². The highest BCUT2D eigenvalue weighted by Gasteiger charge is 2.28. The molecule has 0 spiro atoms. The molecule has 0 fully saturated rings. The molecule has 0 saturated carbocycles. The second-order valence-electron chi connectivity index (χ2n) is 6.53. The predicted molar refractivity (Wildman–Crippen MR) is 110 cm³/mol. The molecule has 5 heteroatoms. The van der Waals surface area contributed by atoms with E-state index in [0.717, 1.165) is 17.5 Å². The third-order valence-corrected chi connectivity index (χ3v) is 4.61. The molecule has 0 bridgehead atoms. The maximum Gasteiger partial charge on any atom is 0.242 e. The van der Waals surface area contributed by atoms with Crippen LogP contribution in [0.5, 0.6) is 0 Å². The van der Waals surface area contributed by atoms with E-state index in [1.165, 1.54) is 0 Å². The van der Waals surface area contributed by atoms with Crippen molar-refractivity contribution in [2.24, 2.45) is 0 Å². The van der Waals surface area contributed by atoms with Gasteiger partial charge in [0.1, 0.15) is 6.04 Å². The minimum atomic E-state index is -0.497. The zero-order valence-corrected chi connectivity index (χ0v) is 16.7. The van der Waals surface area contributed by atoms with Crippen molar-refractivity contribution in [3.05, 3.63) is 70.7 Å². The normalized spacial score (nSPS) is 11.7. The Labute approximate surface area is 166 Å². The zero-order chi connectivity index (χ0) is 19.6. The molecule has 0 aliphatic carbocycles. The highest BCUT2D eigenvalue weighted by atomic mass is 35.5. The van der Waals surface area contributed by atoms with E-state index in [9.17, 15) is 9.59 Å². The first-order valence-electron chi connectivity index (χ1n) is 9.40. The van der Waals surface area contributed by atoms with E-state index in [4.69, 9.17) is 11.6 Å². The molecular formula is C22H27ClN2O2. The van der Waals surface area contributed by atoms with Gasteiger partial charge in [0, 0.05) is 18.1 Å². The van der Waals surface area contributed by atoms with Gasteiger partial charge < -0.3 is 10.2 Å². The summed E-state index contributed by atoms with van der Waals surface area (Å²) in [6, 6.07) is 16.5. The Kier molecular flexibility index (Phi) is 8.34. The molecule has 4 nitrogen and oxygen atoms in total.